The summed E-state index contributed by atoms with van der Waals surface area (Å²) in [5.41, 5.74) is 2.20. The summed E-state index contributed by atoms with van der Waals surface area (Å²) < 4.78 is 33.3. The number of carbonyl (C=O) groups is 2. The summed E-state index contributed by atoms with van der Waals surface area (Å²) in [6.45, 7) is 4.34. The highest BCUT2D eigenvalue weighted by atomic mass is 32.2. The smallest absolute Gasteiger partial charge is 0.265 e. The molecule has 2 aliphatic rings. The zero-order valence-electron chi connectivity index (χ0n) is 18.1. The maximum absolute atomic E-state index is 13.1. The van der Waals surface area contributed by atoms with E-state index >= 15 is 0 Å². The van der Waals surface area contributed by atoms with Crippen molar-refractivity contribution in [3.63, 3.8) is 0 Å². The molecule has 0 radical (unpaired) electrons. The van der Waals surface area contributed by atoms with Crippen LogP contribution in [0.1, 0.15) is 31.7 Å². The quantitative estimate of drug-likeness (QED) is 0.718. The molecule has 0 aliphatic carbocycles. The average Bonchev–Trinajstić information content (AvgIpc) is 2.79. The Bertz CT molecular complexity index is 1120. The Morgan fingerprint density at radius 2 is 1.84 bits per heavy atom. The lowest BCUT2D eigenvalue weighted by molar-refractivity contribution is -0.123. The zero-order chi connectivity index (χ0) is 22.9. The molecule has 0 saturated carbocycles. The van der Waals surface area contributed by atoms with Gasteiger partial charge in [-0.05, 0) is 56.5 Å². The van der Waals surface area contributed by atoms with Crippen molar-refractivity contribution in [2.24, 2.45) is 5.92 Å². The minimum absolute atomic E-state index is 0.0926. The highest BCUT2D eigenvalue weighted by Crippen LogP contribution is 2.34. The number of benzene rings is 2. The zero-order valence-corrected chi connectivity index (χ0v) is 18.9. The molecule has 2 heterocycles. The molecule has 0 bridgehead atoms. The molecule has 4 rings (SSSR count). The molecular weight excluding hydrogens is 430 g/mol. The molecule has 1 fully saturated rings. The van der Waals surface area contributed by atoms with Crippen molar-refractivity contribution in [2.75, 3.05) is 23.7 Å². The number of nitrogens with one attached hydrogen (secondary N) is 2. The molecule has 2 N–H and O–H groups in total. The standard InChI is InChI=1S/C23H27N3O5S/c1-3-20-23(28)25-19-14-18(8-9-21(19)31-20)32(29,30)26-12-10-16(11-13-26)22(27)24-17-6-4-15(2)5-7-17/h4-9,14,16,20H,3,10-13H2,1-2H3,(H,24,27)(H,25,28). The van der Waals surface area contributed by atoms with Crippen molar-refractivity contribution < 1.29 is 22.7 Å². The van der Waals surface area contributed by atoms with E-state index in [1.807, 2.05) is 38.1 Å². The summed E-state index contributed by atoms with van der Waals surface area (Å²) >= 11 is 0. The van der Waals surface area contributed by atoms with Crippen LogP contribution in [0.2, 0.25) is 0 Å². The minimum Gasteiger partial charge on any atom is -0.478 e. The van der Waals surface area contributed by atoms with Gasteiger partial charge in [-0.15, -0.1) is 0 Å². The van der Waals surface area contributed by atoms with Crippen LogP contribution in [-0.4, -0.2) is 43.7 Å². The number of carbonyl (C=O) groups excluding carboxylic acids is 2. The number of hydrogen-bond acceptors (Lipinski definition) is 5. The maximum atomic E-state index is 13.1. The van der Waals surface area contributed by atoms with Gasteiger partial charge in [0.25, 0.3) is 5.91 Å². The lowest BCUT2D eigenvalue weighted by Crippen LogP contribution is -2.41. The first kappa shape index (κ1) is 22.3. The van der Waals surface area contributed by atoms with Crippen LogP contribution in [0.5, 0.6) is 5.75 Å². The second kappa shape index (κ2) is 8.91. The molecule has 2 amide bonds. The van der Waals surface area contributed by atoms with Crippen LogP contribution in [0.3, 0.4) is 0 Å². The van der Waals surface area contributed by atoms with Gasteiger partial charge in [0.05, 0.1) is 10.6 Å². The van der Waals surface area contributed by atoms with Gasteiger partial charge in [0.2, 0.25) is 15.9 Å². The Kier molecular flexibility index (Phi) is 6.21. The Morgan fingerprint density at radius 3 is 2.50 bits per heavy atom. The minimum atomic E-state index is -3.75. The number of ether oxygens (including phenoxy) is 1. The fraction of sp³-hybridized carbons (Fsp3) is 0.391. The number of nitrogens with zero attached hydrogens (tertiary/aromatic N) is 1. The fourth-order valence-corrected chi connectivity index (χ4v) is 5.44. The number of sulfonamides is 1. The summed E-state index contributed by atoms with van der Waals surface area (Å²) in [4.78, 5) is 24.7. The molecule has 32 heavy (non-hydrogen) atoms. The van der Waals surface area contributed by atoms with Gasteiger partial charge >= 0.3 is 0 Å². The van der Waals surface area contributed by atoms with Crippen LogP contribution in [0.15, 0.2) is 47.4 Å². The van der Waals surface area contributed by atoms with E-state index in [4.69, 9.17) is 4.74 Å². The second-order valence-electron chi connectivity index (χ2n) is 8.20. The monoisotopic (exact) mass is 457 g/mol. The van der Waals surface area contributed by atoms with E-state index in [1.165, 1.54) is 16.4 Å². The van der Waals surface area contributed by atoms with E-state index in [0.29, 0.717) is 30.7 Å². The van der Waals surface area contributed by atoms with Crippen molar-refractivity contribution >= 4 is 33.2 Å². The third-order valence-corrected chi connectivity index (χ3v) is 7.82. The first-order valence-corrected chi connectivity index (χ1v) is 12.2. The lowest BCUT2D eigenvalue weighted by Gasteiger charge is -2.31. The van der Waals surface area contributed by atoms with Crippen LogP contribution in [-0.2, 0) is 19.6 Å². The van der Waals surface area contributed by atoms with Crippen LogP contribution < -0.4 is 15.4 Å². The molecular formula is C23H27N3O5S. The summed E-state index contributed by atoms with van der Waals surface area (Å²) in [6.07, 6.45) is 0.840. The first-order chi connectivity index (χ1) is 15.3. The van der Waals surface area contributed by atoms with Crippen molar-refractivity contribution in [1.29, 1.82) is 0 Å². The highest BCUT2D eigenvalue weighted by Gasteiger charge is 2.33. The third-order valence-electron chi connectivity index (χ3n) is 5.92. The topological polar surface area (TPSA) is 105 Å². The van der Waals surface area contributed by atoms with E-state index in [0.717, 1.165) is 11.3 Å². The van der Waals surface area contributed by atoms with Crippen molar-refractivity contribution in [3.8, 4) is 5.75 Å². The Labute approximate surface area is 188 Å². The molecule has 2 aliphatic heterocycles. The Morgan fingerprint density at radius 1 is 1.16 bits per heavy atom. The van der Waals surface area contributed by atoms with E-state index in [-0.39, 0.29) is 35.7 Å². The highest BCUT2D eigenvalue weighted by molar-refractivity contribution is 7.89. The third kappa shape index (κ3) is 4.49. The van der Waals surface area contributed by atoms with Crippen LogP contribution in [0, 0.1) is 12.8 Å². The van der Waals surface area contributed by atoms with Gasteiger partial charge in [-0.2, -0.15) is 4.31 Å². The van der Waals surface area contributed by atoms with Gasteiger partial charge in [0.15, 0.2) is 6.10 Å². The summed E-state index contributed by atoms with van der Waals surface area (Å²) in [5.74, 6) is -0.160. The van der Waals surface area contributed by atoms with Crippen LogP contribution in [0.4, 0.5) is 11.4 Å². The number of aryl methyl sites for hydroxylation is 1. The van der Waals surface area contributed by atoms with Crippen molar-refractivity contribution in [1.82, 2.24) is 4.31 Å². The van der Waals surface area contributed by atoms with Gasteiger partial charge in [-0.25, -0.2) is 8.42 Å². The van der Waals surface area contributed by atoms with Crippen LogP contribution >= 0.6 is 0 Å². The van der Waals surface area contributed by atoms with Gasteiger partial charge in [0.1, 0.15) is 5.75 Å². The summed E-state index contributed by atoms with van der Waals surface area (Å²) in [6, 6.07) is 12.1. The molecule has 2 aromatic rings. The van der Waals surface area contributed by atoms with Crippen LogP contribution in [0.25, 0.3) is 0 Å². The van der Waals surface area contributed by atoms with Crippen molar-refractivity contribution in [3.05, 3.63) is 48.0 Å². The molecule has 0 spiro atoms. The second-order valence-corrected chi connectivity index (χ2v) is 10.1. The number of rotatable bonds is 5. The summed E-state index contributed by atoms with van der Waals surface area (Å²) in [5, 5.41) is 5.63. The van der Waals surface area contributed by atoms with E-state index in [2.05, 4.69) is 10.6 Å². The predicted molar refractivity (Wildman–Crippen MR) is 121 cm³/mol. The normalized spacial score (nSPS) is 19.6. The average molecular weight is 458 g/mol. The largest absolute Gasteiger partial charge is 0.478 e. The van der Waals surface area contributed by atoms with Gasteiger partial charge in [0, 0.05) is 24.7 Å². The molecule has 1 atom stereocenters. The molecule has 9 heteroatoms. The summed E-state index contributed by atoms with van der Waals surface area (Å²) in [7, 11) is -3.75. The molecule has 0 aromatic heterocycles. The molecule has 2 aromatic carbocycles. The number of anilines is 2. The maximum Gasteiger partial charge on any atom is 0.265 e. The molecule has 170 valence electrons. The SMILES string of the molecule is CCC1Oc2ccc(S(=O)(=O)N3CCC(C(=O)Nc4ccc(C)cc4)CC3)cc2NC1=O. The van der Waals surface area contributed by atoms with E-state index < -0.39 is 16.1 Å². The van der Waals surface area contributed by atoms with E-state index in [9.17, 15) is 18.0 Å². The number of fused-ring (bicyclic) bond motifs is 1. The number of hydrogen-bond donors (Lipinski definition) is 2. The van der Waals surface area contributed by atoms with Gasteiger partial charge in [-0.3, -0.25) is 9.59 Å². The molecule has 1 unspecified atom stereocenters. The van der Waals surface area contributed by atoms with Gasteiger partial charge in [-0.1, -0.05) is 24.6 Å². The predicted octanol–water partition coefficient (Wildman–Crippen LogP) is 3.14. The first-order valence-electron chi connectivity index (χ1n) is 10.8. The lowest BCUT2D eigenvalue weighted by atomic mass is 9.97. The molecule has 8 nitrogen and oxygen atoms in total. The number of piperidine rings is 1. The van der Waals surface area contributed by atoms with Crippen molar-refractivity contribution in [2.45, 2.75) is 44.1 Å². The molecule has 1 saturated heterocycles. The Balaban J connectivity index is 1.41. The number of amides is 2. The van der Waals surface area contributed by atoms with Gasteiger partial charge < -0.3 is 15.4 Å². The Hall–Kier alpha value is -2.91. The fourth-order valence-electron chi connectivity index (χ4n) is 3.95. The van der Waals surface area contributed by atoms with E-state index in [1.54, 1.807) is 6.07 Å².